The highest BCUT2D eigenvalue weighted by Crippen LogP contribution is 2.30. The molecule has 0 bridgehead atoms. The van der Waals surface area contributed by atoms with Gasteiger partial charge in [-0.3, -0.25) is 4.79 Å². The summed E-state index contributed by atoms with van der Waals surface area (Å²) in [5.74, 6) is -0.505. The predicted molar refractivity (Wildman–Crippen MR) is 95.9 cm³/mol. The predicted octanol–water partition coefficient (Wildman–Crippen LogP) is 3.44. The number of para-hydroxylation sites is 1. The van der Waals surface area contributed by atoms with Crippen molar-refractivity contribution in [3.8, 4) is 0 Å². The Labute approximate surface area is 150 Å². The minimum absolute atomic E-state index is 0.148. The molecule has 1 aromatic heterocycles. The molecule has 1 saturated heterocycles. The lowest BCUT2D eigenvalue weighted by atomic mass is 9.99. The molecule has 3 rings (SSSR count). The smallest absolute Gasteiger partial charge is 0.252 e. The summed E-state index contributed by atoms with van der Waals surface area (Å²) >= 11 is 6.88. The quantitative estimate of drug-likeness (QED) is 0.878. The highest BCUT2D eigenvalue weighted by molar-refractivity contribution is 7.91. The maximum Gasteiger partial charge on any atom is 0.252 e. The number of sulfonamides is 1. The van der Waals surface area contributed by atoms with E-state index in [9.17, 15) is 13.2 Å². The monoisotopic (exact) mass is 384 g/mol. The fraction of sp³-hybridized carbons (Fsp3) is 0.312. The number of piperidine rings is 1. The van der Waals surface area contributed by atoms with Gasteiger partial charge in [0, 0.05) is 18.8 Å². The largest absolute Gasteiger partial charge is 0.326 e. The first-order chi connectivity index (χ1) is 11.5. The first-order valence-corrected chi connectivity index (χ1v) is 10.2. The summed E-state index contributed by atoms with van der Waals surface area (Å²) in [4.78, 5) is 12.4. The summed E-state index contributed by atoms with van der Waals surface area (Å²) in [5, 5.41) is 2.85. The van der Waals surface area contributed by atoms with E-state index in [1.165, 1.54) is 10.4 Å². The minimum atomic E-state index is -3.59. The Morgan fingerprint density at radius 1 is 1.21 bits per heavy atom. The number of nitrogens with one attached hydrogen (secondary N) is 1. The van der Waals surface area contributed by atoms with Crippen molar-refractivity contribution in [1.82, 2.24) is 4.31 Å². The average molecular weight is 385 g/mol. The molecule has 1 amide bonds. The van der Waals surface area contributed by atoms with Crippen molar-refractivity contribution in [2.75, 3.05) is 18.4 Å². The third-order valence-corrected chi connectivity index (χ3v) is 7.50. The summed E-state index contributed by atoms with van der Waals surface area (Å²) in [7, 11) is -3.59. The Balaban J connectivity index is 1.71. The van der Waals surface area contributed by atoms with Gasteiger partial charge in [-0.25, -0.2) is 8.42 Å². The molecule has 128 valence electrons. The van der Waals surface area contributed by atoms with Crippen LogP contribution in [0.5, 0.6) is 0 Å². The highest BCUT2D eigenvalue weighted by Gasteiger charge is 2.34. The lowest BCUT2D eigenvalue weighted by Gasteiger charge is -2.30. The second-order valence-electron chi connectivity index (χ2n) is 5.62. The van der Waals surface area contributed by atoms with E-state index in [1.54, 1.807) is 6.07 Å². The van der Waals surface area contributed by atoms with Gasteiger partial charge in [0.15, 0.2) is 0 Å². The molecule has 1 aromatic carbocycles. The molecule has 2 aromatic rings. The SMILES string of the molecule is O=C(Nc1ccccc1)[C@@H]1CCCN(S(=O)(=O)c2ccc(Cl)s2)C1. The first kappa shape index (κ1) is 17.4. The molecule has 2 heterocycles. The van der Waals surface area contributed by atoms with E-state index in [2.05, 4.69) is 5.32 Å². The number of carbonyl (C=O) groups is 1. The van der Waals surface area contributed by atoms with Crippen LogP contribution in [0.25, 0.3) is 0 Å². The van der Waals surface area contributed by atoms with Gasteiger partial charge in [-0.05, 0) is 37.1 Å². The van der Waals surface area contributed by atoms with Crippen LogP contribution in [0.2, 0.25) is 4.34 Å². The van der Waals surface area contributed by atoms with Crippen molar-refractivity contribution in [3.05, 3.63) is 46.8 Å². The Bertz CT molecular complexity index is 821. The van der Waals surface area contributed by atoms with Crippen molar-refractivity contribution >= 4 is 44.6 Å². The van der Waals surface area contributed by atoms with Crippen molar-refractivity contribution < 1.29 is 13.2 Å². The molecule has 1 aliphatic rings. The van der Waals surface area contributed by atoms with Gasteiger partial charge < -0.3 is 5.32 Å². The zero-order valence-corrected chi connectivity index (χ0v) is 15.2. The van der Waals surface area contributed by atoms with Crippen LogP contribution >= 0.6 is 22.9 Å². The van der Waals surface area contributed by atoms with Crippen molar-refractivity contribution in [2.24, 2.45) is 5.92 Å². The number of rotatable bonds is 4. The van der Waals surface area contributed by atoms with Gasteiger partial charge >= 0.3 is 0 Å². The van der Waals surface area contributed by atoms with E-state index in [4.69, 9.17) is 11.6 Å². The number of nitrogens with zero attached hydrogens (tertiary/aromatic N) is 1. The maximum atomic E-state index is 12.7. The van der Waals surface area contributed by atoms with E-state index in [-0.39, 0.29) is 22.6 Å². The van der Waals surface area contributed by atoms with Gasteiger partial charge in [0.2, 0.25) is 5.91 Å². The number of thiophene rings is 1. The number of carbonyl (C=O) groups excluding carboxylic acids is 1. The van der Waals surface area contributed by atoms with E-state index >= 15 is 0 Å². The molecule has 24 heavy (non-hydrogen) atoms. The molecule has 0 saturated carbocycles. The first-order valence-electron chi connectivity index (χ1n) is 7.58. The van der Waals surface area contributed by atoms with Gasteiger partial charge in [0.05, 0.1) is 10.3 Å². The van der Waals surface area contributed by atoms with Crippen LogP contribution in [0.15, 0.2) is 46.7 Å². The molecular weight excluding hydrogens is 368 g/mol. The van der Waals surface area contributed by atoms with Crippen LogP contribution in [0.1, 0.15) is 12.8 Å². The Morgan fingerprint density at radius 2 is 1.96 bits per heavy atom. The zero-order chi connectivity index (χ0) is 17.2. The molecule has 8 heteroatoms. The molecule has 5 nitrogen and oxygen atoms in total. The lowest BCUT2D eigenvalue weighted by Crippen LogP contribution is -2.43. The molecule has 1 fully saturated rings. The molecule has 1 N–H and O–H groups in total. The molecule has 0 aliphatic carbocycles. The van der Waals surface area contributed by atoms with E-state index in [0.717, 1.165) is 11.3 Å². The van der Waals surface area contributed by atoms with Crippen molar-refractivity contribution in [3.63, 3.8) is 0 Å². The minimum Gasteiger partial charge on any atom is -0.326 e. The second-order valence-corrected chi connectivity index (χ2v) is 9.50. The van der Waals surface area contributed by atoms with Crippen LogP contribution in [0, 0.1) is 5.92 Å². The fourth-order valence-corrected chi connectivity index (χ4v) is 5.87. The topological polar surface area (TPSA) is 66.5 Å². The van der Waals surface area contributed by atoms with Gasteiger partial charge in [-0.1, -0.05) is 29.8 Å². The Kier molecular flexibility index (Phi) is 5.24. The summed E-state index contributed by atoms with van der Waals surface area (Å²) in [6, 6.07) is 12.3. The maximum absolute atomic E-state index is 12.7. The third kappa shape index (κ3) is 3.80. The van der Waals surface area contributed by atoms with Gasteiger partial charge in [0.1, 0.15) is 4.21 Å². The van der Waals surface area contributed by atoms with Crippen molar-refractivity contribution in [2.45, 2.75) is 17.1 Å². The second kappa shape index (κ2) is 7.23. The van der Waals surface area contributed by atoms with Crippen LogP contribution in [-0.4, -0.2) is 31.7 Å². The normalized spacial score (nSPS) is 19.1. The van der Waals surface area contributed by atoms with Gasteiger partial charge in [-0.2, -0.15) is 4.31 Å². The Morgan fingerprint density at radius 3 is 2.62 bits per heavy atom. The number of hydrogen-bond donors (Lipinski definition) is 1. The lowest BCUT2D eigenvalue weighted by molar-refractivity contribution is -0.120. The standard InChI is InChI=1S/C16H17ClN2O3S2/c17-14-8-9-15(23-14)24(21,22)19-10-4-5-12(11-19)16(20)18-13-6-2-1-3-7-13/h1-3,6-9,12H,4-5,10-11H2,(H,18,20)/t12-/m1/s1. The van der Waals surface area contributed by atoms with E-state index in [0.29, 0.717) is 29.4 Å². The Hall–Kier alpha value is -1.41. The highest BCUT2D eigenvalue weighted by atomic mass is 35.5. The number of hydrogen-bond acceptors (Lipinski definition) is 4. The summed E-state index contributed by atoms with van der Waals surface area (Å²) < 4.78 is 27.4. The molecule has 0 spiro atoms. The van der Waals surface area contributed by atoms with Crippen LogP contribution in [-0.2, 0) is 14.8 Å². The van der Waals surface area contributed by atoms with Crippen LogP contribution in [0.3, 0.4) is 0 Å². The van der Waals surface area contributed by atoms with Crippen molar-refractivity contribution in [1.29, 1.82) is 0 Å². The third-order valence-electron chi connectivity index (χ3n) is 3.94. The number of amides is 1. The molecule has 0 unspecified atom stereocenters. The number of halogens is 1. The van der Waals surface area contributed by atoms with Crippen LogP contribution in [0.4, 0.5) is 5.69 Å². The number of benzene rings is 1. The molecular formula is C16H17ClN2O3S2. The molecule has 1 aliphatic heterocycles. The summed E-state index contributed by atoms with van der Waals surface area (Å²) in [6.45, 7) is 0.615. The van der Waals surface area contributed by atoms with E-state index in [1.807, 2.05) is 30.3 Å². The summed E-state index contributed by atoms with van der Waals surface area (Å²) in [6.07, 6.45) is 1.33. The molecule has 1 atom stereocenters. The van der Waals surface area contributed by atoms with Gasteiger partial charge in [-0.15, -0.1) is 11.3 Å². The summed E-state index contributed by atoms with van der Waals surface area (Å²) in [5.41, 5.74) is 0.715. The number of anilines is 1. The average Bonchev–Trinajstić information content (AvgIpc) is 3.03. The zero-order valence-electron chi connectivity index (χ0n) is 12.8. The molecule has 0 radical (unpaired) electrons. The van der Waals surface area contributed by atoms with Crippen LogP contribution < -0.4 is 5.32 Å². The van der Waals surface area contributed by atoms with Gasteiger partial charge in [0.25, 0.3) is 10.0 Å². The fourth-order valence-electron chi connectivity index (χ4n) is 2.70. The van der Waals surface area contributed by atoms with E-state index < -0.39 is 10.0 Å².